The molecular formula is C33H31N5O5S. The van der Waals surface area contributed by atoms with Gasteiger partial charge >= 0.3 is 0 Å². The first kappa shape index (κ1) is 28.9. The zero-order valence-electron chi connectivity index (χ0n) is 23.9. The summed E-state index contributed by atoms with van der Waals surface area (Å²) in [6, 6.07) is 22.6. The Bertz CT molecular complexity index is 1870. The van der Waals surface area contributed by atoms with E-state index < -0.39 is 24.0 Å². The molecule has 6 rings (SSSR count). The highest BCUT2D eigenvalue weighted by Gasteiger charge is 2.41. The van der Waals surface area contributed by atoms with Gasteiger partial charge in [0.25, 0.3) is 5.91 Å². The van der Waals surface area contributed by atoms with Gasteiger partial charge in [-0.15, -0.1) is 11.3 Å². The largest absolute Gasteiger partial charge is 0.488 e. The SMILES string of the molecule is CC(NC(=O)[C@@H]1C[C@@H](Oc2ccccc2)CN1C(=O)CNC(=O)c1ccc2oc3ccccc3c2c1)c1cc(C(=N)N)cs1. The van der Waals surface area contributed by atoms with E-state index in [9.17, 15) is 14.4 Å². The predicted octanol–water partition coefficient (Wildman–Crippen LogP) is 4.59. The average Bonchev–Trinajstić information content (AvgIpc) is 3.77. The van der Waals surface area contributed by atoms with Crippen LogP contribution in [0.2, 0.25) is 0 Å². The van der Waals surface area contributed by atoms with Gasteiger partial charge < -0.3 is 30.4 Å². The van der Waals surface area contributed by atoms with Crippen molar-refractivity contribution in [3.05, 3.63) is 100 Å². The number of rotatable bonds is 9. The highest BCUT2D eigenvalue weighted by molar-refractivity contribution is 7.10. The number of para-hydroxylation sites is 2. The number of carbonyl (C=O) groups is 3. The molecule has 3 amide bonds. The lowest BCUT2D eigenvalue weighted by Crippen LogP contribution is -2.49. The third kappa shape index (κ3) is 6.00. The van der Waals surface area contributed by atoms with Crippen molar-refractivity contribution in [3.63, 3.8) is 0 Å². The number of thiophene rings is 1. The van der Waals surface area contributed by atoms with Crippen LogP contribution in [0.3, 0.4) is 0 Å². The van der Waals surface area contributed by atoms with Crippen LogP contribution < -0.4 is 21.1 Å². The summed E-state index contributed by atoms with van der Waals surface area (Å²) >= 11 is 1.40. The van der Waals surface area contributed by atoms with E-state index in [2.05, 4.69) is 10.6 Å². The molecule has 5 N–H and O–H groups in total. The number of ether oxygens (including phenoxy) is 1. The van der Waals surface area contributed by atoms with Crippen LogP contribution in [-0.2, 0) is 9.59 Å². The Morgan fingerprint density at radius 3 is 2.55 bits per heavy atom. The first-order valence-electron chi connectivity index (χ1n) is 14.2. The number of hydrogen-bond acceptors (Lipinski definition) is 7. The Morgan fingerprint density at radius 2 is 1.77 bits per heavy atom. The molecule has 10 nitrogen and oxygen atoms in total. The van der Waals surface area contributed by atoms with Gasteiger partial charge in [0, 0.05) is 38.6 Å². The summed E-state index contributed by atoms with van der Waals surface area (Å²) in [7, 11) is 0. The number of carbonyl (C=O) groups excluding carboxylic acids is 3. The number of amides is 3. The molecule has 11 heteroatoms. The first-order valence-corrected chi connectivity index (χ1v) is 15.1. The summed E-state index contributed by atoms with van der Waals surface area (Å²) < 4.78 is 12.0. The minimum absolute atomic E-state index is 0.0421. The molecule has 0 aliphatic carbocycles. The van der Waals surface area contributed by atoms with E-state index in [0.717, 1.165) is 21.2 Å². The third-order valence-electron chi connectivity index (χ3n) is 7.69. The van der Waals surface area contributed by atoms with Gasteiger partial charge in [0.2, 0.25) is 11.8 Å². The zero-order valence-corrected chi connectivity index (χ0v) is 24.7. The first-order chi connectivity index (χ1) is 21.3. The van der Waals surface area contributed by atoms with E-state index in [-0.39, 0.29) is 30.9 Å². The molecule has 1 fully saturated rings. The number of benzene rings is 3. The lowest BCUT2D eigenvalue weighted by atomic mass is 10.1. The maximum Gasteiger partial charge on any atom is 0.251 e. The Kier molecular flexibility index (Phi) is 8.03. The summed E-state index contributed by atoms with van der Waals surface area (Å²) in [6.07, 6.45) is -0.119. The van der Waals surface area contributed by atoms with Crippen molar-refractivity contribution in [3.8, 4) is 5.75 Å². The predicted molar refractivity (Wildman–Crippen MR) is 169 cm³/mol. The van der Waals surface area contributed by atoms with Gasteiger partial charge in [-0.3, -0.25) is 19.8 Å². The van der Waals surface area contributed by atoms with E-state index >= 15 is 0 Å². The number of fused-ring (bicyclic) bond motifs is 3. The van der Waals surface area contributed by atoms with Crippen LogP contribution in [0.5, 0.6) is 5.75 Å². The monoisotopic (exact) mass is 609 g/mol. The normalized spacial score (nSPS) is 17.0. The van der Waals surface area contributed by atoms with Crippen LogP contribution in [0.4, 0.5) is 0 Å². The second-order valence-corrected chi connectivity index (χ2v) is 11.7. The molecule has 0 radical (unpaired) electrons. The van der Waals surface area contributed by atoms with Crippen LogP contribution in [0.15, 0.2) is 88.7 Å². The number of nitrogens with two attached hydrogens (primary N) is 1. The molecule has 1 aliphatic rings. The van der Waals surface area contributed by atoms with Crippen molar-refractivity contribution >= 4 is 56.8 Å². The van der Waals surface area contributed by atoms with Crippen LogP contribution in [0.1, 0.15) is 40.2 Å². The molecule has 3 heterocycles. The summed E-state index contributed by atoms with van der Waals surface area (Å²) in [4.78, 5) is 42.4. The van der Waals surface area contributed by atoms with Crippen LogP contribution in [0, 0.1) is 5.41 Å². The van der Waals surface area contributed by atoms with Crippen LogP contribution in [0.25, 0.3) is 21.9 Å². The molecule has 0 saturated carbocycles. The van der Waals surface area contributed by atoms with E-state index in [1.807, 2.05) is 61.5 Å². The maximum absolute atomic E-state index is 13.5. The molecular weight excluding hydrogens is 578 g/mol. The number of hydrogen-bond donors (Lipinski definition) is 4. The second-order valence-electron chi connectivity index (χ2n) is 10.7. The van der Waals surface area contributed by atoms with Gasteiger partial charge in [0.15, 0.2) is 0 Å². The number of nitrogen functional groups attached to an aromatic ring is 1. The fraction of sp³-hybridized carbons (Fsp3) is 0.212. The highest BCUT2D eigenvalue weighted by Crippen LogP contribution is 2.29. The Balaban J connectivity index is 1.15. The van der Waals surface area contributed by atoms with E-state index in [0.29, 0.717) is 28.9 Å². The van der Waals surface area contributed by atoms with Crippen molar-refractivity contribution in [2.45, 2.75) is 31.5 Å². The Labute approximate surface area is 257 Å². The van der Waals surface area contributed by atoms with Gasteiger partial charge in [-0.2, -0.15) is 0 Å². The standard InChI is InChI=1S/C33H31N5O5S/c1-19(29-14-21(18-44-29)31(34)35)37-33(41)26-15-23(42-22-7-3-2-4-8-22)17-38(26)30(39)16-36-32(40)20-11-12-28-25(13-20)24-9-5-6-10-27(24)43-28/h2-14,18-19,23,26H,15-17H2,1H3,(H3,34,35)(H,36,40)(H,37,41)/t19?,23-,26+/m1/s1. The third-order valence-corrected chi connectivity index (χ3v) is 8.80. The van der Waals surface area contributed by atoms with Crippen molar-refractivity contribution in [1.29, 1.82) is 5.41 Å². The molecule has 0 bridgehead atoms. The summed E-state index contributed by atoms with van der Waals surface area (Å²) in [6.45, 7) is 1.75. The number of furan rings is 1. The topological polar surface area (TPSA) is 151 Å². The highest BCUT2D eigenvalue weighted by atomic mass is 32.1. The molecule has 3 atom stereocenters. The molecule has 5 aromatic rings. The summed E-state index contributed by atoms with van der Waals surface area (Å²) in [5.41, 5.74) is 7.99. The molecule has 1 aliphatic heterocycles. The van der Waals surface area contributed by atoms with E-state index in [4.69, 9.17) is 20.3 Å². The van der Waals surface area contributed by atoms with Crippen molar-refractivity contribution in [2.75, 3.05) is 13.1 Å². The molecule has 3 aromatic carbocycles. The van der Waals surface area contributed by atoms with Crippen molar-refractivity contribution in [1.82, 2.24) is 15.5 Å². The fourth-order valence-electron chi connectivity index (χ4n) is 5.43. The number of amidine groups is 1. The Hall–Kier alpha value is -5.16. The van der Waals surface area contributed by atoms with E-state index in [1.54, 1.807) is 29.6 Å². The van der Waals surface area contributed by atoms with Gasteiger partial charge in [-0.05, 0) is 49.4 Å². The molecule has 224 valence electrons. The van der Waals surface area contributed by atoms with E-state index in [1.165, 1.54) is 16.2 Å². The number of nitrogens with one attached hydrogen (secondary N) is 3. The van der Waals surface area contributed by atoms with Crippen molar-refractivity contribution in [2.24, 2.45) is 5.73 Å². The molecule has 1 saturated heterocycles. The van der Waals surface area contributed by atoms with Gasteiger partial charge in [0.05, 0.1) is 19.1 Å². The zero-order chi connectivity index (χ0) is 30.8. The fourth-order valence-corrected chi connectivity index (χ4v) is 6.34. The molecule has 2 aromatic heterocycles. The van der Waals surface area contributed by atoms with Crippen LogP contribution in [-0.4, -0.2) is 53.7 Å². The summed E-state index contributed by atoms with van der Waals surface area (Å²) in [5, 5.41) is 16.8. The van der Waals surface area contributed by atoms with Gasteiger partial charge in [-0.1, -0.05) is 36.4 Å². The van der Waals surface area contributed by atoms with Gasteiger partial charge in [0.1, 0.15) is 34.9 Å². The molecule has 1 unspecified atom stereocenters. The van der Waals surface area contributed by atoms with Crippen LogP contribution >= 0.6 is 11.3 Å². The lowest BCUT2D eigenvalue weighted by Gasteiger charge is -2.25. The lowest BCUT2D eigenvalue weighted by molar-refractivity contribution is -0.138. The molecule has 44 heavy (non-hydrogen) atoms. The quantitative estimate of drug-likeness (QED) is 0.142. The minimum Gasteiger partial charge on any atom is -0.488 e. The maximum atomic E-state index is 13.5. The minimum atomic E-state index is -0.795. The Morgan fingerprint density at radius 1 is 1.02 bits per heavy atom. The average molecular weight is 610 g/mol. The second kappa shape index (κ2) is 12.2. The van der Waals surface area contributed by atoms with Gasteiger partial charge in [-0.25, -0.2) is 0 Å². The van der Waals surface area contributed by atoms with Crippen molar-refractivity contribution < 1.29 is 23.5 Å². The summed E-state index contributed by atoms with van der Waals surface area (Å²) in [5.74, 6) is -0.526. The molecule has 0 spiro atoms. The number of likely N-dealkylation sites (tertiary alicyclic amines) is 1. The number of nitrogens with zero attached hydrogens (tertiary/aromatic N) is 1. The smallest absolute Gasteiger partial charge is 0.251 e.